The van der Waals surface area contributed by atoms with E-state index in [1.54, 1.807) is 0 Å². The summed E-state index contributed by atoms with van der Waals surface area (Å²) < 4.78 is 5.26. The fourth-order valence-corrected chi connectivity index (χ4v) is 0.801. The van der Waals surface area contributed by atoms with Gasteiger partial charge in [-0.2, -0.15) is 0 Å². The summed E-state index contributed by atoms with van der Waals surface area (Å²) in [5, 5.41) is 0. The fourth-order valence-electron chi connectivity index (χ4n) is 0.801. The Balaban J connectivity index is 0. The molecule has 0 saturated heterocycles. The van der Waals surface area contributed by atoms with Crippen molar-refractivity contribution in [1.82, 2.24) is 0 Å². The van der Waals surface area contributed by atoms with E-state index in [2.05, 4.69) is 6.92 Å². The molecule has 0 aliphatic rings. The highest BCUT2D eigenvalue weighted by Gasteiger charge is 1.87. The Labute approximate surface area is 82.7 Å². The van der Waals surface area contributed by atoms with Crippen LogP contribution < -0.4 is 4.74 Å². The molecule has 0 aromatic heterocycles. The minimum Gasteiger partial charge on any atom is -0.494 e. The van der Waals surface area contributed by atoms with Crippen molar-refractivity contribution in [3.05, 3.63) is 29.8 Å². The maximum absolute atomic E-state index is 5.26. The lowest BCUT2D eigenvalue weighted by molar-refractivity contribution is 0.340. The van der Waals surface area contributed by atoms with Crippen molar-refractivity contribution in [2.24, 2.45) is 0 Å². The van der Waals surface area contributed by atoms with Crippen molar-refractivity contribution >= 4 is 0 Å². The summed E-state index contributed by atoms with van der Waals surface area (Å²) in [5.74, 6) is 0.952. The Kier molecular flexibility index (Phi) is 10.2. The van der Waals surface area contributed by atoms with Crippen molar-refractivity contribution < 1.29 is 4.74 Å². The molecule has 0 heterocycles. The van der Waals surface area contributed by atoms with Gasteiger partial charge < -0.3 is 4.74 Å². The molecule has 13 heavy (non-hydrogen) atoms. The second kappa shape index (κ2) is 9.11. The van der Waals surface area contributed by atoms with Crippen molar-refractivity contribution in [1.29, 1.82) is 0 Å². The lowest BCUT2D eigenvalue weighted by Crippen LogP contribution is -1.90. The molecule has 0 radical (unpaired) electrons. The number of aryl methyl sites for hydroxylation is 1. The first-order valence-electron chi connectivity index (χ1n) is 4.52. The van der Waals surface area contributed by atoms with E-state index >= 15 is 0 Å². The van der Waals surface area contributed by atoms with Gasteiger partial charge in [-0.05, 0) is 26.0 Å². The normalized spacial score (nSPS) is 7.69. The predicted octanol–water partition coefficient (Wildman–Crippen LogP) is 4.06. The Bertz CT molecular complexity index is 189. The number of ether oxygens (including phenoxy) is 1. The fraction of sp³-hybridized carbons (Fsp3) is 0.500. The average Bonchev–Trinajstić information content (AvgIpc) is 2.13. The summed E-state index contributed by atoms with van der Waals surface area (Å²) in [6, 6.07) is 8.06. The minimum atomic E-state index is 0. The molecule has 0 fully saturated rings. The standard InChI is InChI=1S/C9H12O.C2H6.CH4/c1-3-10-9-6-4-8(2)5-7-9;1-2;/h4-7H,3H2,1-2H3;1-2H3;1H4. The predicted molar refractivity (Wildman–Crippen MR) is 60.4 cm³/mol. The molecule has 0 spiro atoms. The van der Waals surface area contributed by atoms with E-state index in [4.69, 9.17) is 4.74 Å². The molecule has 1 nitrogen and oxygen atoms in total. The first kappa shape index (κ1) is 14.5. The number of hydrogen-bond acceptors (Lipinski definition) is 1. The van der Waals surface area contributed by atoms with Gasteiger partial charge >= 0.3 is 0 Å². The molecule has 0 N–H and O–H groups in total. The zero-order valence-corrected chi connectivity index (χ0v) is 8.42. The van der Waals surface area contributed by atoms with E-state index < -0.39 is 0 Å². The molecule has 1 rings (SSSR count). The lowest BCUT2D eigenvalue weighted by atomic mass is 10.2. The van der Waals surface area contributed by atoms with Gasteiger partial charge in [-0.1, -0.05) is 39.0 Å². The molecule has 0 atom stereocenters. The first-order chi connectivity index (χ1) is 5.83. The maximum Gasteiger partial charge on any atom is 0.119 e. The molecular formula is C12H22O. The monoisotopic (exact) mass is 182 g/mol. The molecule has 0 amide bonds. The number of hydrogen-bond donors (Lipinski definition) is 0. The van der Waals surface area contributed by atoms with Crippen LogP contribution in [0, 0.1) is 6.92 Å². The van der Waals surface area contributed by atoms with E-state index in [1.165, 1.54) is 5.56 Å². The van der Waals surface area contributed by atoms with Crippen LogP contribution in [0.4, 0.5) is 0 Å². The summed E-state index contributed by atoms with van der Waals surface area (Å²) >= 11 is 0. The van der Waals surface area contributed by atoms with Crippen molar-refractivity contribution in [3.8, 4) is 5.75 Å². The lowest BCUT2D eigenvalue weighted by Gasteiger charge is -2.01. The van der Waals surface area contributed by atoms with Crippen LogP contribution in [-0.2, 0) is 0 Å². The van der Waals surface area contributed by atoms with Crippen LogP contribution in [-0.4, -0.2) is 6.61 Å². The van der Waals surface area contributed by atoms with Gasteiger partial charge in [-0.15, -0.1) is 0 Å². The topological polar surface area (TPSA) is 9.23 Å². The molecule has 0 bridgehead atoms. The van der Waals surface area contributed by atoms with Crippen molar-refractivity contribution in [3.63, 3.8) is 0 Å². The van der Waals surface area contributed by atoms with E-state index in [0.29, 0.717) is 0 Å². The van der Waals surface area contributed by atoms with Gasteiger partial charge in [-0.3, -0.25) is 0 Å². The third-order valence-electron chi connectivity index (χ3n) is 1.33. The van der Waals surface area contributed by atoms with Gasteiger partial charge in [0.15, 0.2) is 0 Å². The maximum atomic E-state index is 5.26. The SMILES string of the molecule is C.CC.CCOc1ccc(C)cc1. The molecule has 1 aromatic carbocycles. The van der Waals surface area contributed by atoms with E-state index in [1.807, 2.05) is 45.0 Å². The molecular weight excluding hydrogens is 160 g/mol. The summed E-state index contributed by atoms with van der Waals surface area (Å²) in [7, 11) is 0. The van der Waals surface area contributed by atoms with E-state index in [0.717, 1.165) is 12.4 Å². The first-order valence-corrected chi connectivity index (χ1v) is 4.52. The molecule has 1 aromatic rings. The van der Waals surface area contributed by atoms with E-state index in [9.17, 15) is 0 Å². The summed E-state index contributed by atoms with van der Waals surface area (Å²) in [6.45, 7) is 8.79. The molecule has 0 aliphatic heterocycles. The summed E-state index contributed by atoms with van der Waals surface area (Å²) in [4.78, 5) is 0. The Morgan fingerprint density at radius 1 is 1.08 bits per heavy atom. The molecule has 76 valence electrons. The smallest absolute Gasteiger partial charge is 0.119 e. The summed E-state index contributed by atoms with van der Waals surface area (Å²) in [6.07, 6.45) is 0. The highest BCUT2D eigenvalue weighted by molar-refractivity contribution is 5.26. The molecule has 0 saturated carbocycles. The third-order valence-corrected chi connectivity index (χ3v) is 1.33. The highest BCUT2D eigenvalue weighted by atomic mass is 16.5. The van der Waals surface area contributed by atoms with Crippen LogP contribution in [0.1, 0.15) is 33.8 Å². The van der Waals surface area contributed by atoms with Gasteiger partial charge in [0.1, 0.15) is 5.75 Å². The molecule has 1 heteroatoms. The van der Waals surface area contributed by atoms with Gasteiger partial charge in [0.05, 0.1) is 6.61 Å². The largest absolute Gasteiger partial charge is 0.494 e. The van der Waals surface area contributed by atoms with Gasteiger partial charge in [-0.25, -0.2) is 0 Å². The van der Waals surface area contributed by atoms with E-state index in [-0.39, 0.29) is 7.43 Å². The Hall–Kier alpha value is -0.980. The summed E-state index contributed by atoms with van der Waals surface area (Å²) in [5.41, 5.74) is 1.27. The Morgan fingerprint density at radius 2 is 1.54 bits per heavy atom. The molecule has 0 aliphatic carbocycles. The number of rotatable bonds is 2. The second-order valence-electron chi connectivity index (χ2n) is 2.25. The quantitative estimate of drug-likeness (QED) is 0.670. The van der Waals surface area contributed by atoms with Crippen molar-refractivity contribution in [2.75, 3.05) is 6.61 Å². The number of benzene rings is 1. The zero-order chi connectivity index (χ0) is 9.40. The van der Waals surface area contributed by atoms with Crippen LogP contribution in [0.3, 0.4) is 0 Å². The van der Waals surface area contributed by atoms with Gasteiger partial charge in [0, 0.05) is 0 Å². The zero-order valence-electron chi connectivity index (χ0n) is 8.42. The average molecular weight is 182 g/mol. The van der Waals surface area contributed by atoms with Crippen LogP contribution in [0.15, 0.2) is 24.3 Å². The van der Waals surface area contributed by atoms with Crippen LogP contribution in [0.25, 0.3) is 0 Å². The highest BCUT2D eigenvalue weighted by Crippen LogP contribution is 2.10. The minimum absolute atomic E-state index is 0. The Morgan fingerprint density at radius 3 is 1.92 bits per heavy atom. The van der Waals surface area contributed by atoms with Crippen molar-refractivity contribution in [2.45, 2.75) is 35.1 Å². The van der Waals surface area contributed by atoms with Crippen LogP contribution in [0.2, 0.25) is 0 Å². The van der Waals surface area contributed by atoms with Crippen LogP contribution in [0.5, 0.6) is 5.75 Å². The van der Waals surface area contributed by atoms with Gasteiger partial charge in [0.25, 0.3) is 0 Å². The molecule has 0 unspecified atom stereocenters. The van der Waals surface area contributed by atoms with Gasteiger partial charge in [0.2, 0.25) is 0 Å². The second-order valence-corrected chi connectivity index (χ2v) is 2.25. The third kappa shape index (κ3) is 6.21. The van der Waals surface area contributed by atoms with Crippen LogP contribution >= 0.6 is 0 Å².